The van der Waals surface area contributed by atoms with Crippen LogP contribution in [-0.2, 0) is 6.54 Å². The van der Waals surface area contributed by atoms with Crippen LogP contribution in [0.4, 0.5) is 5.82 Å². The molecule has 8 heteroatoms. The first-order valence-corrected chi connectivity index (χ1v) is 10.8. The number of hydrogen-bond donors (Lipinski definition) is 1. The second-order valence-electron chi connectivity index (χ2n) is 6.78. The van der Waals surface area contributed by atoms with Crippen LogP contribution in [0.5, 0.6) is 11.5 Å². The van der Waals surface area contributed by atoms with Crippen molar-refractivity contribution in [1.82, 2.24) is 15.0 Å². The zero-order chi connectivity index (χ0) is 21.8. The van der Waals surface area contributed by atoms with Crippen LogP contribution in [0.3, 0.4) is 0 Å². The Balaban J connectivity index is 1.47. The van der Waals surface area contributed by atoms with Gasteiger partial charge >= 0.3 is 0 Å². The highest BCUT2D eigenvalue weighted by atomic mass is 35.5. The monoisotopic (exact) mass is 452 g/mol. The summed E-state index contributed by atoms with van der Waals surface area (Å²) in [5.41, 5.74) is 4.09. The summed E-state index contributed by atoms with van der Waals surface area (Å²) in [6.45, 7) is 2.46. The average Bonchev–Trinajstić information content (AvgIpc) is 3.27. The molecule has 31 heavy (non-hydrogen) atoms. The quantitative estimate of drug-likeness (QED) is 0.354. The number of aromatic nitrogens is 3. The molecule has 0 fully saturated rings. The standard InChI is InChI=1S/C23H21ClN4O2S/c1-14-26-21(24)11-22(27-14)25-12-15-4-6-16(7-5-15)23-28-18(13-31-23)17-8-9-19(29-2)20(10-17)30-3/h4-11,13H,12H2,1-3H3,(H,25,26,27). The van der Waals surface area contributed by atoms with Crippen LogP contribution in [0.1, 0.15) is 11.4 Å². The van der Waals surface area contributed by atoms with Gasteiger partial charge in [0.1, 0.15) is 21.8 Å². The largest absolute Gasteiger partial charge is 0.493 e. The Morgan fingerprint density at radius 1 is 0.903 bits per heavy atom. The van der Waals surface area contributed by atoms with Crippen LogP contribution in [0.25, 0.3) is 21.8 Å². The van der Waals surface area contributed by atoms with Gasteiger partial charge in [-0.3, -0.25) is 0 Å². The second-order valence-corrected chi connectivity index (χ2v) is 8.03. The van der Waals surface area contributed by atoms with Gasteiger partial charge in [-0.25, -0.2) is 15.0 Å². The summed E-state index contributed by atoms with van der Waals surface area (Å²) in [7, 11) is 3.26. The molecule has 0 spiro atoms. The molecule has 6 nitrogen and oxygen atoms in total. The van der Waals surface area contributed by atoms with Gasteiger partial charge in [0.15, 0.2) is 11.5 Å². The second kappa shape index (κ2) is 9.32. The first-order chi connectivity index (χ1) is 15.1. The first kappa shape index (κ1) is 21.1. The summed E-state index contributed by atoms with van der Waals surface area (Å²) in [5.74, 6) is 2.73. The van der Waals surface area contributed by atoms with Crippen LogP contribution in [0.2, 0.25) is 5.15 Å². The number of methoxy groups -OCH3 is 2. The predicted octanol–water partition coefficient (Wildman–Crippen LogP) is 5.86. The zero-order valence-electron chi connectivity index (χ0n) is 17.3. The van der Waals surface area contributed by atoms with Crippen LogP contribution in [0.15, 0.2) is 53.9 Å². The number of anilines is 1. The maximum atomic E-state index is 5.99. The van der Waals surface area contributed by atoms with Gasteiger partial charge in [-0.1, -0.05) is 35.9 Å². The van der Waals surface area contributed by atoms with E-state index in [4.69, 9.17) is 26.1 Å². The summed E-state index contributed by atoms with van der Waals surface area (Å²) in [6.07, 6.45) is 0. The van der Waals surface area contributed by atoms with E-state index >= 15 is 0 Å². The lowest BCUT2D eigenvalue weighted by atomic mass is 10.1. The van der Waals surface area contributed by atoms with E-state index < -0.39 is 0 Å². The summed E-state index contributed by atoms with van der Waals surface area (Å²) < 4.78 is 10.7. The van der Waals surface area contributed by atoms with Gasteiger partial charge in [0.25, 0.3) is 0 Å². The van der Waals surface area contributed by atoms with E-state index in [9.17, 15) is 0 Å². The van der Waals surface area contributed by atoms with Crippen molar-refractivity contribution in [3.63, 3.8) is 0 Å². The summed E-state index contributed by atoms with van der Waals surface area (Å²) in [4.78, 5) is 13.2. The van der Waals surface area contributed by atoms with Crippen LogP contribution < -0.4 is 14.8 Å². The number of rotatable bonds is 7. The molecular weight excluding hydrogens is 432 g/mol. The van der Waals surface area contributed by atoms with Crippen molar-refractivity contribution in [3.05, 3.63) is 70.5 Å². The molecule has 0 radical (unpaired) electrons. The topological polar surface area (TPSA) is 69.2 Å². The molecule has 0 aliphatic carbocycles. The number of thiazole rings is 1. The van der Waals surface area contributed by atoms with Crippen LogP contribution in [0, 0.1) is 6.92 Å². The number of halogens is 1. The number of aryl methyl sites for hydroxylation is 1. The Kier molecular flexibility index (Phi) is 6.34. The zero-order valence-corrected chi connectivity index (χ0v) is 18.9. The van der Waals surface area contributed by atoms with E-state index in [1.54, 1.807) is 31.6 Å². The third-order valence-electron chi connectivity index (χ3n) is 4.66. The number of hydrogen-bond acceptors (Lipinski definition) is 7. The number of nitrogens with zero attached hydrogens (tertiary/aromatic N) is 3. The highest BCUT2D eigenvalue weighted by Crippen LogP contribution is 2.34. The normalized spacial score (nSPS) is 10.7. The Morgan fingerprint density at radius 2 is 1.65 bits per heavy atom. The van der Waals surface area contributed by atoms with Gasteiger partial charge in [0.2, 0.25) is 0 Å². The molecule has 0 amide bonds. The van der Waals surface area contributed by atoms with Gasteiger partial charge in [0, 0.05) is 29.1 Å². The summed E-state index contributed by atoms with van der Waals surface area (Å²) >= 11 is 7.60. The molecular formula is C23H21ClN4O2S. The van der Waals surface area contributed by atoms with Crippen molar-refractivity contribution in [2.75, 3.05) is 19.5 Å². The van der Waals surface area contributed by atoms with Crippen LogP contribution >= 0.6 is 22.9 Å². The fourth-order valence-corrected chi connectivity index (χ4v) is 4.18. The number of ether oxygens (including phenoxy) is 2. The lowest BCUT2D eigenvalue weighted by molar-refractivity contribution is 0.355. The average molecular weight is 453 g/mol. The minimum absolute atomic E-state index is 0.430. The Morgan fingerprint density at radius 3 is 2.35 bits per heavy atom. The van der Waals surface area contributed by atoms with Crippen molar-refractivity contribution in [3.8, 4) is 33.3 Å². The Bertz CT molecular complexity index is 1170. The molecule has 0 saturated heterocycles. The van der Waals surface area contributed by atoms with E-state index in [0.717, 1.165) is 27.4 Å². The molecule has 4 aromatic rings. The molecule has 2 aromatic heterocycles. The first-order valence-electron chi connectivity index (χ1n) is 9.58. The third-order valence-corrected chi connectivity index (χ3v) is 5.75. The molecule has 0 saturated carbocycles. The highest BCUT2D eigenvalue weighted by Gasteiger charge is 2.10. The van der Waals surface area contributed by atoms with Gasteiger partial charge in [-0.05, 0) is 30.7 Å². The molecule has 1 N–H and O–H groups in total. The molecule has 0 bridgehead atoms. The van der Waals surface area contributed by atoms with Crippen molar-refractivity contribution >= 4 is 28.8 Å². The van der Waals surface area contributed by atoms with E-state index in [-0.39, 0.29) is 0 Å². The summed E-state index contributed by atoms with van der Waals surface area (Å²) in [5, 5.41) is 6.72. The minimum Gasteiger partial charge on any atom is -0.493 e. The minimum atomic E-state index is 0.430. The van der Waals surface area contributed by atoms with Crippen LogP contribution in [-0.4, -0.2) is 29.2 Å². The van der Waals surface area contributed by atoms with Crippen molar-refractivity contribution in [1.29, 1.82) is 0 Å². The smallest absolute Gasteiger partial charge is 0.161 e. The van der Waals surface area contributed by atoms with Crippen molar-refractivity contribution in [2.45, 2.75) is 13.5 Å². The third kappa shape index (κ3) is 4.95. The van der Waals surface area contributed by atoms with E-state index in [1.165, 1.54) is 0 Å². The SMILES string of the molecule is COc1ccc(-c2csc(-c3ccc(CNc4cc(Cl)nc(C)n4)cc3)n2)cc1OC. The molecule has 0 atom stereocenters. The van der Waals surface area contributed by atoms with Gasteiger partial charge in [0.05, 0.1) is 19.9 Å². The molecule has 2 heterocycles. The van der Waals surface area contributed by atoms with Crippen molar-refractivity contribution < 1.29 is 9.47 Å². The fraction of sp³-hybridized carbons (Fsp3) is 0.174. The highest BCUT2D eigenvalue weighted by molar-refractivity contribution is 7.13. The fourth-order valence-electron chi connectivity index (χ4n) is 3.11. The molecule has 158 valence electrons. The molecule has 4 rings (SSSR count). The molecule has 0 unspecified atom stereocenters. The van der Waals surface area contributed by atoms with E-state index in [0.29, 0.717) is 34.8 Å². The van der Waals surface area contributed by atoms with Gasteiger partial charge in [-0.15, -0.1) is 11.3 Å². The summed E-state index contributed by atoms with van der Waals surface area (Å²) in [6, 6.07) is 15.8. The number of nitrogens with one attached hydrogen (secondary N) is 1. The molecule has 0 aliphatic heterocycles. The maximum absolute atomic E-state index is 5.99. The number of benzene rings is 2. The lowest BCUT2D eigenvalue weighted by Gasteiger charge is -2.08. The van der Waals surface area contributed by atoms with Gasteiger partial charge < -0.3 is 14.8 Å². The predicted molar refractivity (Wildman–Crippen MR) is 125 cm³/mol. The van der Waals surface area contributed by atoms with E-state index in [1.807, 2.05) is 30.5 Å². The lowest BCUT2D eigenvalue weighted by Crippen LogP contribution is -2.03. The van der Waals surface area contributed by atoms with Gasteiger partial charge in [-0.2, -0.15) is 0 Å². The maximum Gasteiger partial charge on any atom is 0.161 e. The Labute approximate surface area is 189 Å². The Hall–Kier alpha value is -3.16. The van der Waals surface area contributed by atoms with E-state index in [2.05, 4.69) is 39.6 Å². The molecule has 2 aromatic carbocycles. The molecule has 0 aliphatic rings. The van der Waals surface area contributed by atoms with Crippen molar-refractivity contribution in [2.24, 2.45) is 0 Å².